The molecule has 2 radical (unpaired) electrons. The average Bonchev–Trinajstić information content (AvgIpc) is 2.20. The van der Waals surface area contributed by atoms with E-state index in [4.69, 9.17) is 27.6 Å². The van der Waals surface area contributed by atoms with Crippen molar-refractivity contribution in [3.05, 3.63) is 28.2 Å². The second-order valence-corrected chi connectivity index (χ2v) is 6.59. The second kappa shape index (κ2) is 5.24. The normalized spacial score (nSPS) is 11.5. The molecule has 0 aliphatic carbocycles. The molecule has 1 rings (SSSR count). The summed E-state index contributed by atoms with van der Waals surface area (Å²) in [6.45, 7) is 6.52. The first-order valence-corrected chi connectivity index (χ1v) is 6.50. The van der Waals surface area contributed by atoms with Gasteiger partial charge in [-0.2, -0.15) is 0 Å². The third-order valence-corrected chi connectivity index (χ3v) is 4.20. The van der Waals surface area contributed by atoms with Crippen LogP contribution in [0, 0.1) is 0 Å². The number of rotatable bonds is 4. The summed E-state index contributed by atoms with van der Waals surface area (Å²) in [5, 5.41) is 1.31. The van der Waals surface area contributed by atoms with Crippen LogP contribution in [0.4, 0.5) is 0 Å². The van der Waals surface area contributed by atoms with Crippen LogP contribution in [0.1, 0.15) is 27.2 Å². The molecule has 0 saturated heterocycles. The maximum absolute atomic E-state index is 5.89. The SMILES string of the molecule is CCC(C)(C)[Si]Oc1ccc(Cl)c(Cl)c1. The Morgan fingerprint density at radius 3 is 2.47 bits per heavy atom. The van der Waals surface area contributed by atoms with Gasteiger partial charge in [0.1, 0.15) is 5.75 Å². The second-order valence-electron chi connectivity index (χ2n) is 4.02. The number of benzene rings is 1. The quantitative estimate of drug-likeness (QED) is 0.720. The van der Waals surface area contributed by atoms with Crippen LogP contribution in [-0.4, -0.2) is 9.76 Å². The summed E-state index contributed by atoms with van der Waals surface area (Å²) in [5.41, 5.74) is 0. The molecule has 0 heterocycles. The maximum Gasteiger partial charge on any atom is 0.317 e. The zero-order valence-electron chi connectivity index (χ0n) is 9.10. The van der Waals surface area contributed by atoms with Crippen molar-refractivity contribution in [1.29, 1.82) is 0 Å². The van der Waals surface area contributed by atoms with Gasteiger partial charge < -0.3 is 4.43 Å². The lowest BCUT2D eigenvalue weighted by Crippen LogP contribution is -2.17. The first-order valence-electron chi connectivity index (χ1n) is 4.83. The lowest BCUT2D eigenvalue weighted by Gasteiger charge is -2.20. The van der Waals surface area contributed by atoms with Crippen molar-refractivity contribution in [2.24, 2.45) is 0 Å². The first-order chi connectivity index (χ1) is 6.94. The molecule has 0 atom stereocenters. The molecule has 0 saturated carbocycles. The van der Waals surface area contributed by atoms with Crippen LogP contribution in [0.3, 0.4) is 0 Å². The van der Waals surface area contributed by atoms with E-state index in [0.717, 1.165) is 12.2 Å². The number of hydrogen-bond acceptors (Lipinski definition) is 1. The van der Waals surface area contributed by atoms with Crippen molar-refractivity contribution in [2.75, 3.05) is 0 Å². The van der Waals surface area contributed by atoms with Crippen molar-refractivity contribution in [2.45, 2.75) is 32.2 Å². The van der Waals surface area contributed by atoms with Gasteiger partial charge in [-0.3, -0.25) is 0 Å². The predicted molar refractivity (Wildman–Crippen MR) is 67.2 cm³/mol. The van der Waals surface area contributed by atoms with Crippen LogP contribution in [0.15, 0.2) is 18.2 Å². The van der Waals surface area contributed by atoms with Crippen molar-refractivity contribution in [3.63, 3.8) is 0 Å². The predicted octanol–water partition coefficient (Wildman–Crippen LogP) is 4.60. The van der Waals surface area contributed by atoms with Gasteiger partial charge in [0.05, 0.1) is 10.0 Å². The zero-order valence-corrected chi connectivity index (χ0v) is 11.6. The smallest absolute Gasteiger partial charge is 0.317 e. The fraction of sp³-hybridized carbons (Fsp3) is 0.455. The van der Waals surface area contributed by atoms with Gasteiger partial charge in [-0.15, -0.1) is 0 Å². The largest absolute Gasteiger partial charge is 0.540 e. The van der Waals surface area contributed by atoms with E-state index in [2.05, 4.69) is 20.8 Å². The molecule has 1 nitrogen and oxygen atoms in total. The van der Waals surface area contributed by atoms with Gasteiger partial charge in [-0.1, -0.05) is 50.4 Å². The average molecular weight is 261 g/mol. The number of hydrogen-bond donors (Lipinski definition) is 0. The van der Waals surface area contributed by atoms with Crippen LogP contribution >= 0.6 is 23.2 Å². The Labute approximate surface area is 104 Å². The van der Waals surface area contributed by atoms with Gasteiger partial charge in [0, 0.05) is 0 Å². The summed E-state index contributed by atoms with van der Waals surface area (Å²) in [6, 6.07) is 5.35. The molecular formula is C11H14Cl2OSi. The highest BCUT2D eigenvalue weighted by Crippen LogP contribution is 2.30. The first kappa shape index (κ1) is 12.9. The molecule has 0 aliphatic heterocycles. The Kier molecular flexibility index (Phi) is 4.50. The van der Waals surface area contributed by atoms with Crippen LogP contribution in [0.5, 0.6) is 5.75 Å². The van der Waals surface area contributed by atoms with Gasteiger partial charge in [-0.05, 0) is 23.2 Å². The minimum atomic E-state index is 0.214. The summed E-state index contributed by atoms with van der Waals surface area (Å²) in [5.74, 6) is 0.782. The van der Waals surface area contributed by atoms with E-state index in [1.165, 1.54) is 0 Å². The van der Waals surface area contributed by atoms with E-state index in [1.807, 2.05) is 6.07 Å². The fourth-order valence-corrected chi connectivity index (χ4v) is 1.76. The Morgan fingerprint density at radius 2 is 1.93 bits per heavy atom. The van der Waals surface area contributed by atoms with Crippen LogP contribution in [-0.2, 0) is 0 Å². The van der Waals surface area contributed by atoms with Crippen LogP contribution < -0.4 is 4.43 Å². The zero-order chi connectivity index (χ0) is 11.5. The van der Waals surface area contributed by atoms with E-state index in [9.17, 15) is 0 Å². The summed E-state index contributed by atoms with van der Waals surface area (Å²) >= 11 is 11.7. The Morgan fingerprint density at radius 1 is 1.27 bits per heavy atom. The molecule has 0 N–H and O–H groups in total. The fourth-order valence-electron chi connectivity index (χ4n) is 0.810. The van der Waals surface area contributed by atoms with E-state index in [1.54, 1.807) is 12.1 Å². The molecule has 0 fully saturated rings. The highest BCUT2D eigenvalue weighted by molar-refractivity contribution is 6.42. The third-order valence-electron chi connectivity index (χ3n) is 2.22. The summed E-state index contributed by atoms with van der Waals surface area (Å²) in [6.07, 6.45) is 1.09. The van der Waals surface area contributed by atoms with Gasteiger partial charge in [0.25, 0.3) is 0 Å². The summed E-state index contributed by atoms with van der Waals surface area (Å²) in [7, 11) is 0.428. The molecule has 0 amide bonds. The standard InChI is InChI=1S/C11H14Cl2OSi/c1-4-11(2,3)15-14-8-5-6-9(12)10(13)7-8/h5-7H,4H2,1-3H3. The van der Waals surface area contributed by atoms with Gasteiger partial charge in [0.2, 0.25) is 0 Å². The van der Waals surface area contributed by atoms with Crippen molar-refractivity contribution in [1.82, 2.24) is 0 Å². The van der Waals surface area contributed by atoms with E-state index in [-0.39, 0.29) is 5.04 Å². The van der Waals surface area contributed by atoms with Crippen molar-refractivity contribution < 1.29 is 4.43 Å². The summed E-state index contributed by atoms with van der Waals surface area (Å²) < 4.78 is 5.68. The summed E-state index contributed by atoms with van der Waals surface area (Å²) in [4.78, 5) is 0. The molecule has 82 valence electrons. The van der Waals surface area contributed by atoms with Crippen molar-refractivity contribution >= 4 is 33.0 Å². The Balaban J connectivity index is 2.62. The van der Waals surface area contributed by atoms with Gasteiger partial charge in [0.15, 0.2) is 0 Å². The Hall–Kier alpha value is -0.183. The molecule has 4 heteroatoms. The molecule has 0 unspecified atom stereocenters. The molecular weight excluding hydrogens is 247 g/mol. The highest BCUT2D eigenvalue weighted by atomic mass is 35.5. The van der Waals surface area contributed by atoms with Crippen LogP contribution in [0.2, 0.25) is 15.1 Å². The molecule has 0 bridgehead atoms. The minimum Gasteiger partial charge on any atom is -0.540 e. The molecule has 0 spiro atoms. The molecule has 1 aromatic carbocycles. The molecule has 0 aliphatic rings. The third kappa shape index (κ3) is 4.05. The minimum absolute atomic E-state index is 0.214. The molecule has 15 heavy (non-hydrogen) atoms. The van der Waals surface area contributed by atoms with Crippen LogP contribution in [0.25, 0.3) is 0 Å². The lowest BCUT2D eigenvalue weighted by molar-refractivity contribution is 0.517. The van der Waals surface area contributed by atoms with Gasteiger partial charge in [-0.25, -0.2) is 0 Å². The van der Waals surface area contributed by atoms with E-state index in [0.29, 0.717) is 19.8 Å². The molecule has 1 aromatic rings. The molecule has 0 aromatic heterocycles. The highest BCUT2D eigenvalue weighted by Gasteiger charge is 2.19. The lowest BCUT2D eigenvalue weighted by atomic mass is 10.1. The topological polar surface area (TPSA) is 9.23 Å². The van der Waals surface area contributed by atoms with Crippen molar-refractivity contribution in [3.8, 4) is 5.75 Å². The monoisotopic (exact) mass is 260 g/mol. The van der Waals surface area contributed by atoms with E-state index >= 15 is 0 Å². The number of halogens is 2. The maximum atomic E-state index is 5.89. The van der Waals surface area contributed by atoms with E-state index < -0.39 is 0 Å². The van der Waals surface area contributed by atoms with Gasteiger partial charge >= 0.3 is 9.76 Å². The Bertz CT molecular complexity index is 339.